The monoisotopic (exact) mass is 495 g/mol. The van der Waals surface area contributed by atoms with E-state index in [9.17, 15) is 10.1 Å². The van der Waals surface area contributed by atoms with Gasteiger partial charge in [0.25, 0.3) is 5.69 Å². The predicted molar refractivity (Wildman–Crippen MR) is 137 cm³/mol. The number of pyridine rings is 1. The number of rotatable bonds is 9. The molecule has 4 rings (SSSR count). The van der Waals surface area contributed by atoms with Gasteiger partial charge in [-0.15, -0.1) is 0 Å². The topological polar surface area (TPSA) is 94.7 Å². The largest absolute Gasteiger partial charge is 0.495 e. The van der Waals surface area contributed by atoms with Gasteiger partial charge in [0, 0.05) is 50.0 Å². The van der Waals surface area contributed by atoms with Crippen LogP contribution in [-0.4, -0.2) is 51.9 Å². The maximum absolute atomic E-state index is 11.5. The van der Waals surface area contributed by atoms with Gasteiger partial charge in [-0.25, -0.2) is 0 Å². The summed E-state index contributed by atoms with van der Waals surface area (Å²) in [5.41, 5.74) is 4.48. The zero-order chi connectivity index (χ0) is 25.1. The molecule has 2 atom stereocenters. The van der Waals surface area contributed by atoms with Gasteiger partial charge in [-0.2, -0.15) is 0 Å². The van der Waals surface area contributed by atoms with Crippen LogP contribution in [0.2, 0.25) is 0 Å². The zero-order valence-corrected chi connectivity index (χ0v) is 21.0. The third kappa shape index (κ3) is 4.71. The molecule has 0 aliphatic carbocycles. The average molecular weight is 496 g/mol. The van der Waals surface area contributed by atoms with Gasteiger partial charge in [0.05, 0.1) is 35.5 Å². The van der Waals surface area contributed by atoms with Crippen molar-refractivity contribution in [2.24, 2.45) is 0 Å². The van der Waals surface area contributed by atoms with Crippen LogP contribution in [0.3, 0.4) is 0 Å². The minimum Gasteiger partial charge on any atom is -0.495 e. The fraction of sp³-hybridized carbons (Fsp3) is 0.360. The number of non-ortho nitro benzene ring substituents is 1. The molecule has 0 amide bonds. The highest BCUT2D eigenvalue weighted by Crippen LogP contribution is 2.42. The number of nitrogens with one attached hydrogen (secondary N) is 1. The molecular weight excluding hydrogens is 466 g/mol. The second-order valence-electron chi connectivity index (χ2n) is 8.44. The van der Waals surface area contributed by atoms with Crippen molar-refractivity contribution in [3.63, 3.8) is 0 Å². The Morgan fingerprint density at radius 1 is 1.20 bits per heavy atom. The molecule has 1 aromatic carbocycles. The summed E-state index contributed by atoms with van der Waals surface area (Å²) in [6.45, 7) is 5.35. The third-order valence-corrected chi connectivity index (χ3v) is 6.70. The van der Waals surface area contributed by atoms with Gasteiger partial charge < -0.3 is 24.3 Å². The van der Waals surface area contributed by atoms with Crippen LogP contribution in [-0.2, 0) is 4.74 Å². The van der Waals surface area contributed by atoms with Crippen LogP contribution in [0.5, 0.6) is 5.75 Å². The quantitative estimate of drug-likeness (QED) is 0.202. The highest BCUT2D eigenvalue weighted by Gasteiger charge is 2.41. The molecule has 3 heterocycles. The fourth-order valence-electron chi connectivity index (χ4n) is 4.79. The molecule has 0 spiro atoms. The first-order valence-corrected chi connectivity index (χ1v) is 11.8. The van der Waals surface area contributed by atoms with Crippen molar-refractivity contribution < 1.29 is 14.4 Å². The van der Waals surface area contributed by atoms with Crippen LogP contribution in [0.1, 0.15) is 41.1 Å². The summed E-state index contributed by atoms with van der Waals surface area (Å²) in [5.74, 6) is 0.558. The van der Waals surface area contributed by atoms with Crippen LogP contribution >= 0.6 is 12.2 Å². The lowest BCUT2D eigenvalue weighted by Crippen LogP contribution is -2.31. The van der Waals surface area contributed by atoms with Crippen molar-refractivity contribution in [1.82, 2.24) is 19.8 Å². The van der Waals surface area contributed by atoms with E-state index in [1.54, 1.807) is 32.5 Å². The van der Waals surface area contributed by atoms with Gasteiger partial charge in [-0.1, -0.05) is 6.07 Å². The lowest BCUT2D eigenvalue weighted by molar-refractivity contribution is -0.384. The number of thiocarbonyl (C=S) groups is 1. The molecule has 9 nitrogen and oxygen atoms in total. The van der Waals surface area contributed by atoms with Crippen molar-refractivity contribution in [3.05, 3.63) is 81.4 Å². The van der Waals surface area contributed by atoms with E-state index in [0.29, 0.717) is 23.2 Å². The molecule has 1 N–H and O–H groups in total. The Morgan fingerprint density at radius 3 is 2.66 bits per heavy atom. The van der Waals surface area contributed by atoms with Crippen LogP contribution in [0.15, 0.2) is 48.7 Å². The van der Waals surface area contributed by atoms with Crippen LogP contribution in [0.25, 0.3) is 5.69 Å². The van der Waals surface area contributed by atoms with E-state index in [2.05, 4.69) is 21.3 Å². The molecule has 3 aromatic rings. The van der Waals surface area contributed by atoms with Crippen LogP contribution in [0, 0.1) is 24.0 Å². The molecule has 1 fully saturated rings. The first-order chi connectivity index (χ1) is 16.9. The lowest BCUT2D eigenvalue weighted by atomic mass is 9.96. The second kappa shape index (κ2) is 10.4. The average Bonchev–Trinajstić information content (AvgIpc) is 3.34. The summed E-state index contributed by atoms with van der Waals surface area (Å²) in [6.07, 6.45) is 2.60. The fourth-order valence-corrected chi connectivity index (χ4v) is 5.12. The molecule has 0 bridgehead atoms. The Kier molecular flexibility index (Phi) is 7.32. The SMILES string of the molecule is COCCCN1C(=S)N[C@@H](c2ccccn2)[C@H]1c1cc(C)n(-c2cc([N+](=O)[O-])ccc2OC)c1C. The summed E-state index contributed by atoms with van der Waals surface area (Å²) in [4.78, 5) is 17.9. The second-order valence-corrected chi connectivity index (χ2v) is 8.83. The predicted octanol–water partition coefficient (Wildman–Crippen LogP) is 4.41. The normalized spacial score (nSPS) is 17.5. The Bertz CT molecular complexity index is 1230. The highest BCUT2D eigenvalue weighted by molar-refractivity contribution is 7.80. The Hall–Kier alpha value is -3.50. The summed E-state index contributed by atoms with van der Waals surface area (Å²) >= 11 is 5.75. The van der Waals surface area contributed by atoms with Gasteiger partial charge in [0.2, 0.25) is 0 Å². The maximum Gasteiger partial charge on any atom is 0.271 e. The Labute approximate surface area is 209 Å². The minimum absolute atomic E-state index is 0.00566. The van der Waals surface area contributed by atoms with Gasteiger partial charge in [-0.05, 0) is 62.3 Å². The van der Waals surface area contributed by atoms with Crippen molar-refractivity contribution in [2.45, 2.75) is 32.4 Å². The molecule has 35 heavy (non-hydrogen) atoms. The van der Waals surface area contributed by atoms with E-state index in [4.69, 9.17) is 21.7 Å². The number of hydrogen-bond acceptors (Lipinski definition) is 6. The van der Waals surface area contributed by atoms with Gasteiger partial charge >= 0.3 is 0 Å². The standard InChI is InChI=1S/C25H29N5O4S/c1-16-14-19(17(2)29(16)21-15-18(30(31)32)9-10-22(21)34-4)24-23(20-8-5-6-11-26-20)27-25(35)28(24)12-7-13-33-3/h5-6,8-11,14-15,23-24H,7,12-13H2,1-4H3,(H,27,35)/t23-,24+/m0/s1. The molecule has 1 saturated heterocycles. The highest BCUT2D eigenvalue weighted by atomic mass is 32.1. The number of methoxy groups -OCH3 is 2. The van der Waals surface area contributed by atoms with E-state index in [1.807, 2.05) is 36.6 Å². The van der Waals surface area contributed by atoms with Crippen molar-refractivity contribution in [3.8, 4) is 11.4 Å². The maximum atomic E-state index is 11.5. The number of nitrogens with zero attached hydrogens (tertiary/aromatic N) is 4. The molecule has 0 radical (unpaired) electrons. The van der Waals surface area contributed by atoms with E-state index in [1.165, 1.54) is 6.07 Å². The minimum atomic E-state index is -0.397. The smallest absolute Gasteiger partial charge is 0.271 e. The Morgan fingerprint density at radius 2 is 2.00 bits per heavy atom. The van der Waals surface area contributed by atoms with Crippen molar-refractivity contribution in [1.29, 1.82) is 0 Å². The number of ether oxygens (including phenoxy) is 2. The molecule has 184 valence electrons. The number of hydrogen-bond donors (Lipinski definition) is 1. The number of nitro benzene ring substituents is 1. The summed E-state index contributed by atoms with van der Waals surface area (Å²) in [6, 6.07) is 12.3. The zero-order valence-electron chi connectivity index (χ0n) is 20.2. The van der Waals surface area contributed by atoms with E-state index in [-0.39, 0.29) is 17.8 Å². The number of nitro groups is 1. The summed E-state index contributed by atoms with van der Waals surface area (Å²) < 4.78 is 12.8. The Balaban J connectivity index is 1.84. The molecule has 0 unspecified atom stereocenters. The van der Waals surface area contributed by atoms with Gasteiger partial charge in [0.15, 0.2) is 5.11 Å². The van der Waals surface area contributed by atoms with Crippen molar-refractivity contribution in [2.75, 3.05) is 27.4 Å². The summed E-state index contributed by atoms with van der Waals surface area (Å²) in [7, 11) is 3.25. The number of aryl methyl sites for hydroxylation is 1. The molecule has 2 aromatic heterocycles. The number of aromatic nitrogens is 2. The molecule has 1 aliphatic rings. The third-order valence-electron chi connectivity index (χ3n) is 6.35. The molecule has 0 saturated carbocycles. The molecular formula is C25H29N5O4S. The first-order valence-electron chi connectivity index (χ1n) is 11.4. The first kappa shape index (κ1) is 24.6. The summed E-state index contributed by atoms with van der Waals surface area (Å²) in [5, 5.41) is 15.6. The number of benzene rings is 1. The van der Waals surface area contributed by atoms with Gasteiger partial charge in [0.1, 0.15) is 5.75 Å². The van der Waals surface area contributed by atoms with Crippen molar-refractivity contribution >= 4 is 23.0 Å². The van der Waals surface area contributed by atoms with E-state index >= 15 is 0 Å². The molecule has 10 heteroatoms. The lowest BCUT2D eigenvalue weighted by Gasteiger charge is -2.28. The molecule has 1 aliphatic heterocycles. The van der Waals surface area contributed by atoms with Crippen LogP contribution < -0.4 is 10.1 Å². The van der Waals surface area contributed by atoms with E-state index in [0.717, 1.165) is 35.6 Å². The van der Waals surface area contributed by atoms with Crippen LogP contribution in [0.4, 0.5) is 5.69 Å². The van der Waals surface area contributed by atoms with E-state index < -0.39 is 4.92 Å². The van der Waals surface area contributed by atoms with Gasteiger partial charge in [-0.3, -0.25) is 15.1 Å².